The number of para-hydroxylation sites is 1. The van der Waals surface area contributed by atoms with E-state index >= 15 is 0 Å². The highest BCUT2D eigenvalue weighted by molar-refractivity contribution is 5.37. The quantitative estimate of drug-likeness (QED) is 0.840. The highest BCUT2D eigenvalue weighted by Crippen LogP contribution is 2.45. The third kappa shape index (κ3) is 2.57. The molecule has 0 saturated carbocycles. The Morgan fingerprint density at radius 2 is 1.90 bits per heavy atom. The first-order valence-electron chi connectivity index (χ1n) is 7.74. The molecule has 3 heteroatoms. The fraction of sp³-hybridized carbons (Fsp3) is 0.647. The van der Waals surface area contributed by atoms with Crippen molar-refractivity contribution in [2.45, 2.75) is 51.6 Å². The summed E-state index contributed by atoms with van der Waals surface area (Å²) >= 11 is 0. The topological polar surface area (TPSA) is 55.5 Å². The second kappa shape index (κ2) is 6.15. The highest BCUT2D eigenvalue weighted by atomic mass is 16.5. The summed E-state index contributed by atoms with van der Waals surface area (Å²) in [6, 6.07) is 8.08. The molecule has 3 N–H and O–H groups in total. The summed E-state index contributed by atoms with van der Waals surface area (Å²) in [6.45, 7) is 5.19. The number of nitrogens with two attached hydrogens (primary N) is 1. The molecule has 1 aliphatic heterocycles. The molecule has 1 unspecified atom stereocenters. The maximum Gasteiger partial charge on any atom is 0.122 e. The molecule has 0 aliphatic carbocycles. The van der Waals surface area contributed by atoms with Crippen molar-refractivity contribution in [1.82, 2.24) is 0 Å². The van der Waals surface area contributed by atoms with Crippen LogP contribution in [0.3, 0.4) is 0 Å². The van der Waals surface area contributed by atoms with Gasteiger partial charge in [0, 0.05) is 12.0 Å². The van der Waals surface area contributed by atoms with Crippen LogP contribution in [0.2, 0.25) is 0 Å². The lowest BCUT2D eigenvalue weighted by atomic mass is 9.64. The fourth-order valence-electron chi connectivity index (χ4n) is 3.52. The van der Waals surface area contributed by atoms with Crippen molar-refractivity contribution >= 4 is 0 Å². The SMILES string of the molecule is CCCC(O)(CCC)C1(CN)COc2ccccc2C1. The van der Waals surface area contributed by atoms with E-state index in [1.165, 1.54) is 0 Å². The minimum absolute atomic E-state index is 0.368. The van der Waals surface area contributed by atoms with Crippen molar-refractivity contribution in [2.24, 2.45) is 11.1 Å². The second-order valence-electron chi connectivity index (χ2n) is 6.09. The summed E-state index contributed by atoms with van der Waals surface area (Å²) in [5.41, 5.74) is 6.16. The molecular formula is C17H27NO2. The highest BCUT2D eigenvalue weighted by Gasteiger charge is 2.50. The van der Waals surface area contributed by atoms with E-state index in [-0.39, 0.29) is 5.41 Å². The molecule has 2 rings (SSSR count). The Morgan fingerprint density at radius 3 is 2.50 bits per heavy atom. The first-order valence-corrected chi connectivity index (χ1v) is 7.74. The molecule has 1 heterocycles. The monoisotopic (exact) mass is 277 g/mol. The Labute approximate surface area is 122 Å². The number of ether oxygens (including phenoxy) is 1. The van der Waals surface area contributed by atoms with Crippen molar-refractivity contribution in [3.05, 3.63) is 29.8 Å². The van der Waals surface area contributed by atoms with Gasteiger partial charge in [-0.3, -0.25) is 0 Å². The van der Waals surface area contributed by atoms with E-state index in [0.29, 0.717) is 13.2 Å². The first kappa shape index (κ1) is 15.3. The Hall–Kier alpha value is -1.06. The van der Waals surface area contributed by atoms with Crippen molar-refractivity contribution in [2.75, 3.05) is 13.2 Å². The number of aliphatic hydroxyl groups is 1. The van der Waals surface area contributed by atoms with Crippen molar-refractivity contribution < 1.29 is 9.84 Å². The molecule has 20 heavy (non-hydrogen) atoms. The lowest BCUT2D eigenvalue weighted by molar-refractivity contribution is -0.118. The Bertz CT molecular complexity index is 440. The van der Waals surface area contributed by atoms with Crippen LogP contribution in [0.4, 0.5) is 0 Å². The molecule has 1 atom stereocenters. The normalized spacial score (nSPS) is 22.2. The van der Waals surface area contributed by atoms with Crippen LogP contribution >= 0.6 is 0 Å². The van der Waals surface area contributed by atoms with Crippen LogP contribution in [-0.4, -0.2) is 23.9 Å². The van der Waals surface area contributed by atoms with Gasteiger partial charge in [0.2, 0.25) is 0 Å². The van der Waals surface area contributed by atoms with Gasteiger partial charge in [-0.2, -0.15) is 0 Å². The minimum atomic E-state index is -0.737. The second-order valence-corrected chi connectivity index (χ2v) is 6.09. The van der Waals surface area contributed by atoms with E-state index in [0.717, 1.165) is 43.4 Å². The molecule has 0 saturated heterocycles. The van der Waals surface area contributed by atoms with Crippen molar-refractivity contribution in [1.29, 1.82) is 0 Å². The van der Waals surface area contributed by atoms with Gasteiger partial charge in [0.15, 0.2) is 0 Å². The smallest absolute Gasteiger partial charge is 0.122 e. The van der Waals surface area contributed by atoms with E-state index in [1.807, 2.05) is 18.2 Å². The lowest BCUT2D eigenvalue weighted by Crippen LogP contribution is -2.58. The molecule has 1 aliphatic rings. The average Bonchev–Trinajstić information content (AvgIpc) is 2.47. The minimum Gasteiger partial charge on any atom is -0.493 e. The molecule has 0 amide bonds. The zero-order valence-corrected chi connectivity index (χ0v) is 12.7. The molecule has 0 radical (unpaired) electrons. The van der Waals surface area contributed by atoms with Gasteiger partial charge in [0.05, 0.1) is 12.2 Å². The van der Waals surface area contributed by atoms with Gasteiger partial charge < -0.3 is 15.6 Å². The summed E-state index contributed by atoms with van der Waals surface area (Å²) in [7, 11) is 0. The van der Waals surface area contributed by atoms with Crippen LogP contribution in [0.25, 0.3) is 0 Å². The number of benzene rings is 1. The van der Waals surface area contributed by atoms with Crippen LogP contribution in [0.5, 0.6) is 5.75 Å². The van der Waals surface area contributed by atoms with Gasteiger partial charge >= 0.3 is 0 Å². The molecule has 0 aromatic heterocycles. The van der Waals surface area contributed by atoms with Crippen molar-refractivity contribution in [3.63, 3.8) is 0 Å². The molecule has 0 bridgehead atoms. The fourth-order valence-corrected chi connectivity index (χ4v) is 3.52. The summed E-state index contributed by atoms with van der Waals surface area (Å²) < 4.78 is 5.93. The average molecular weight is 277 g/mol. The van der Waals surface area contributed by atoms with Gasteiger partial charge in [-0.1, -0.05) is 44.9 Å². The maximum atomic E-state index is 11.3. The standard InChI is InChI=1S/C17H27NO2/c1-3-9-17(19,10-4-2)16(12-18)11-14-7-5-6-8-15(14)20-13-16/h5-8,19H,3-4,9-13,18H2,1-2H3. The largest absolute Gasteiger partial charge is 0.493 e. The molecular weight excluding hydrogens is 250 g/mol. The van der Waals surface area contributed by atoms with E-state index < -0.39 is 5.60 Å². The lowest BCUT2D eigenvalue weighted by Gasteiger charge is -2.49. The van der Waals surface area contributed by atoms with Crippen LogP contribution in [-0.2, 0) is 6.42 Å². The maximum absolute atomic E-state index is 11.3. The molecule has 0 spiro atoms. The number of rotatable bonds is 6. The number of hydrogen-bond donors (Lipinski definition) is 2. The number of hydrogen-bond acceptors (Lipinski definition) is 3. The van der Waals surface area contributed by atoms with E-state index in [4.69, 9.17) is 10.5 Å². The molecule has 1 aromatic carbocycles. The van der Waals surface area contributed by atoms with Gasteiger partial charge in [-0.05, 0) is 30.9 Å². The molecule has 0 fully saturated rings. The Kier molecular flexibility index (Phi) is 4.71. The third-order valence-electron chi connectivity index (χ3n) is 4.71. The molecule has 3 nitrogen and oxygen atoms in total. The van der Waals surface area contributed by atoms with Gasteiger partial charge in [-0.25, -0.2) is 0 Å². The van der Waals surface area contributed by atoms with Crippen LogP contribution < -0.4 is 10.5 Å². The summed E-state index contributed by atoms with van der Waals surface area (Å²) in [5, 5.41) is 11.3. The van der Waals surface area contributed by atoms with Crippen LogP contribution in [0.1, 0.15) is 45.1 Å². The first-order chi connectivity index (χ1) is 9.61. The van der Waals surface area contributed by atoms with E-state index in [2.05, 4.69) is 19.9 Å². The van der Waals surface area contributed by atoms with Gasteiger partial charge in [0.25, 0.3) is 0 Å². The summed E-state index contributed by atoms with van der Waals surface area (Å²) in [4.78, 5) is 0. The van der Waals surface area contributed by atoms with E-state index in [9.17, 15) is 5.11 Å². The van der Waals surface area contributed by atoms with Gasteiger partial charge in [-0.15, -0.1) is 0 Å². The third-order valence-corrected chi connectivity index (χ3v) is 4.71. The molecule has 1 aromatic rings. The van der Waals surface area contributed by atoms with E-state index in [1.54, 1.807) is 0 Å². The van der Waals surface area contributed by atoms with Gasteiger partial charge in [0.1, 0.15) is 5.75 Å². The zero-order valence-electron chi connectivity index (χ0n) is 12.7. The summed E-state index contributed by atoms with van der Waals surface area (Å²) in [5.74, 6) is 0.937. The predicted molar refractivity (Wildman–Crippen MR) is 81.9 cm³/mol. The van der Waals surface area contributed by atoms with Crippen LogP contribution in [0.15, 0.2) is 24.3 Å². The zero-order chi connectivity index (χ0) is 14.6. The van der Waals surface area contributed by atoms with Crippen LogP contribution in [0, 0.1) is 5.41 Å². The predicted octanol–water partition coefficient (Wildman–Crippen LogP) is 2.90. The Morgan fingerprint density at radius 1 is 1.25 bits per heavy atom. The Balaban J connectivity index is 2.35. The number of fused-ring (bicyclic) bond motifs is 1. The summed E-state index contributed by atoms with van der Waals surface area (Å²) in [6.07, 6.45) is 4.28. The van der Waals surface area contributed by atoms with Crippen molar-refractivity contribution in [3.8, 4) is 5.75 Å². The molecule has 112 valence electrons.